The van der Waals surface area contributed by atoms with Crippen LogP contribution in [0.15, 0.2) is 0 Å². The molecule has 0 aromatic heterocycles. The van der Waals surface area contributed by atoms with Gasteiger partial charge in [-0.15, -0.1) is 0 Å². The Morgan fingerprint density at radius 1 is 1.23 bits per heavy atom. The molecule has 0 saturated heterocycles. The smallest absolute Gasteiger partial charge is 0.304 e. The highest BCUT2D eigenvalue weighted by molar-refractivity contribution is 5.83. The lowest BCUT2D eigenvalue weighted by Crippen LogP contribution is -2.16. The molecule has 0 rings (SSSR count). The second-order valence-corrected chi connectivity index (χ2v) is 3.15. The molecule has 0 saturated carbocycles. The van der Waals surface area contributed by atoms with E-state index < -0.39 is 11.9 Å². The number of carboxylic acids is 1. The Hall–Kier alpha value is -1.19. The van der Waals surface area contributed by atoms with Crippen molar-refractivity contribution in [1.82, 2.24) is 0 Å². The third-order valence-electron chi connectivity index (χ3n) is 1.84. The predicted molar refractivity (Wildman–Crippen MR) is 46.3 cm³/mol. The van der Waals surface area contributed by atoms with E-state index in [0.29, 0.717) is 6.42 Å². The van der Waals surface area contributed by atoms with Crippen LogP contribution in [-0.2, 0) is 14.4 Å². The van der Waals surface area contributed by atoms with Crippen molar-refractivity contribution < 1.29 is 19.5 Å². The van der Waals surface area contributed by atoms with Gasteiger partial charge >= 0.3 is 5.97 Å². The van der Waals surface area contributed by atoms with Gasteiger partial charge in [-0.2, -0.15) is 0 Å². The normalized spacial score (nSPS) is 12.2. The second kappa shape index (κ2) is 5.45. The Labute approximate surface area is 76.9 Å². The van der Waals surface area contributed by atoms with Crippen LogP contribution in [0.1, 0.15) is 33.1 Å². The van der Waals surface area contributed by atoms with Crippen molar-refractivity contribution in [3.05, 3.63) is 0 Å². The van der Waals surface area contributed by atoms with Crippen LogP contribution in [-0.4, -0.2) is 22.6 Å². The van der Waals surface area contributed by atoms with E-state index in [1.807, 2.05) is 0 Å². The third kappa shape index (κ3) is 6.02. The van der Waals surface area contributed by atoms with Crippen molar-refractivity contribution in [1.29, 1.82) is 0 Å². The highest BCUT2D eigenvalue weighted by Crippen LogP contribution is 2.12. The van der Waals surface area contributed by atoms with Gasteiger partial charge in [0.15, 0.2) is 0 Å². The maximum Gasteiger partial charge on any atom is 0.304 e. The standard InChI is InChI=1S/C9H14O4/c1-6(10)3-4-8(7(2)11)5-9(12)13/h8H,3-5H2,1-2H3,(H,12,13). The highest BCUT2D eigenvalue weighted by Gasteiger charge is 2.18. The molecule has 0 aliphatic rings. The van der Waals surface area contributed by atoms with E-state index in [1.54, 1.807) is 0 Å². The fourth-order valence-electron chi connectivity index (χ4n) is 1.04. The number of carboxylic acid groups (broad SMARTS) is 1. The minimum Gasteiger partial charge on any atom is -0.481 e. The molecular formula is C9H14O4. The number of aliphatic carboxylic acids is 1. The molecule has 0 fully saturated rings. The quantitative estimate of drug-likeness (QED) is 0.672. The molecule has 1 N–H and O–H groups in total. The van der Waals surface area contributed by atoms with E-state index in [9.17, 15) is 14.4 Å². The van der Waals surface area contributed by atoms with Crippen molar-refractivity contribution in [3.63, 3.8) is 0 Å². The molecule has 0 radical (unpaired) electrons. The van der Waals surface area contributed by atoms with Crippen LogP contribution in [0, 0.1) is 5.92 Å². The molecular weight excluding hydrogens is 172 g/mol. The molecule has 0 amide bonds. The van der Waals surface area contributed by atoms with Gasteiger partial charge in [-0.05, 0) is 20.3 Å². The van der Waals surface area contributed by atoms with E-state index in [2.05, 4.69) is 0 Å². The third-order valence-corrected chi connectivity index (χ3v) is 1.84. The summed E-state index contributed by atoms with van der Waals surface area (Å²) in [5.74, 6) is -1.69. The zero-order valence-electron chi connectivity index (χ0n) is 7.87. The van der Waals surface area contributed by atoms with Gasteiger partial charge < -0.3 is 9.90 Å². The maximum absolute atomic E-state index is 10.9. The number of carbonyl (C=O) groups is 3. The van der Waals surface area contributed by atoms with Gasteiger partial charge in [-0.3, -0.25) is 9.59 Å². The van der Waals surface area contributed by atoms with E-state index >= 15 is 0 Å². The average molecular weight is 186 g/mol. The Kier molecular flexibility index (Phi) is 4.96. The van der Waals surface area contributed by atoms with Gasteiger partial charge in [0.25, 0.3) is 0 Å². The van der Waals surface area contributed by atoms with Crippen molar-refractivity contribution in [2.75, 3.05) is 0 Å². The van der Waals surface area contributed by atoms with Gasteiger partial charge in [0.1, 0.15) is 11.6 Å². The summed E-state index contributed by atoms with van der Waals surface area (Å²) in [7, 11) is 0. The minimum absolute atomic E-state index is 0.0170. The van der Waals surface area contributed by atoms with E-state index in [0.717, 1.165) is 0 Å². The molecule has 0 spiro atoms. The van der Waals surface area contributed by atoms with Crippen LogP contribution in [0.25, 0.3) is 0 Å². The molecule has 0 bridgehead atoms. The lowest BCUT2D eigenvalue weighted by atomic mass is 9.95. The molecule has 0 aliphatic heterocycles. The first-order valence-electron chi connectivity index (χ1n) is 4.15. The Bertz CT molecular complexity index is 220. The second-order valence-electron chi connectivity index (χ2n) is 3.15. The fourth-order valence-corrected chi connectivity index (χ4v) is 1.04. The molecule has 0 aromatic carbocycles. The SMILES string of the molecule is CC(=O)CCC(CC(=O)O)C(C)=O. The van der Waals surface area contributed by atoms with Gasteiger partial charge in [-0.1, -0.05) is 0 Å². The van der Waals surface area contributed by atoms with Gasteiger partial charge in [0, 0.05) is 12.3 Å². The summed E-state index contributed by atoms with van der Waals surface area (Å²) in [5, 5.41) is 8.46. The first-order valence-corrected chi connectivity index (χ1v) is 4.15. The zero-order valence-corrected chi connectivity index (χ0v) is 7.87. The van der Waals surface area contributed by atoms with E-state index in [4.69, 9.17) is 5.11 Å². The minimum atomic E-state index is -0.997. The number of hydrogen-bond acceptors (Lipinski definition) is 3. The molecule has 0 aliphatic carbocycles. The lowest BCUT2D eigenvalue weighted by Gasteiger charge is -2.08. The Morgan fingerprint density at radius 3 is 2.08 bits per heavy atom. The predicted octanol–water partition coefficient (Wildman–Crippen LogP) is 1.04. The molecule has 4 nitrogen and oxygen atoms in total. The van der Waals surface area contributed by atoms with Crippen LogP contribution >= 0.6 is 0 Å². The number of hydrogen-bond donors (Lipinski definition) is 1. The number of carbonyl (C=O) groups excluding carboxylic acids is 2. The molecule has 1 atom stereocenters. The first-order chi connectivity index (χ1) is 5.93. The van der Waals surface area contributed by atoms with Crippen LogP contribution in [0.4, 0.5) is 0 Å². The van der Waals surface area contributed by atoms with Gasteiger partial charge in [-0.25, -0.2) is 0 Å². The number of rotatable bonds is 6. The molecule has 1 unspecified atom stereocenters. The van der Waals surface area contributed by atoms with E-state index in [-0.39, 0.29) is 24.4 Å². The van der Waals surface area contributed by atoms with Crippen molar-refractivity contribution in [3.8, 4) is 0 Å². The summed E-state index contributed by atoms with van der Waals surface area (Å²) in [4.78, 5) is 31.8. The molecule has 4 heteroatoms. The Balaban J connectivity index is 4.02. The molecule has 0 aromatic rings. The van der Waals surface area contributed by atoms with Crippen LogP contribution in [0.3, 0.4) is 0 Å². The lowest BCUT2D eigenvalue weighted by molar-refractivity contribution is -0.140. The summed E-state index contributed by atoms with van der Waals surface area (Å²) in [6.07, 6.45) is 0.442. The maximum atomic E-state index is 10.9. The van der Waals surface area contributed by atoms with E-state index in [1.165, 1.54) is 13.8 Å². The van der Waals surface area contributed by atoms with Crippen LogP contribution < -0.4 is 0 Å². The van der Waals surface area contributed by atoms with Gasteiger partial charge in [0.2, 0.25) is 0 Å². The topological polar surface area (TPSA) is 71.4 Å². The monoisotopic (exact) mass is 186 g/mol. The molecule has 74 valence electrons. The summed E-state index contributed by atoms with van der Waals surface area (Å²) in [6, 6.07) is 0. The Morgan fingerprint density at radius 2 is 1.77 bits per heavy atom. The molecule has 13 heavy (non-hydrogen) atoms. The van der Waals surface area contributed by atoms with Crippen LogP contribution in [0.2, 0.25) is 0 Å². The van der Waals surface area contributed by atoms with Crippen molar-refractivity contribution >= 4 is 17.5 Å². The first kappa shape index (κ1) is 11.8. The summed E-state index contributed by atoms with van der Waals surface area (Å²) in [6.45, 7) is 2.78. The summed E-state index contributed by atoms with van der Waals surface area (Å²) < 4.78 is 0. The van der Waals surface area contributed by atoms with Crippen molar-refractivity contribution in [2.45, 2.75) is 33.1 Å². The summed E-state index contributed by atoms with van der Waals surface area (Å²) >= 11 is 0. The number of ketones is 2. The summed E-state index contributed by atoms with van der Waals surface area (Å²) in [5.41, 5.74) is 0. The average Bonchev–Trinajstić information content (AvgIpc) is 1.96. The van der Waals surface area contributed by atoms with Gasteiger partial charge in [0.05, 0.1) is 6.42 Å². The van der Waals surface area contributed by atoms with Crippen molar-refractivity contribution in [2.24, 2.45) is 5.92 Å². The number of Topliss-reactive ketones (excluding diaryl/α,β-unsaturated/α-hetero) is 2. The fraction of sp³-hybridized carbons (Fsp3) is 0.667. The zero-order chi connectivity index (χ0) is 10.4. The van der Waals surface area contributed by atoms with Crippen LogP contribution in [0.5, 0.6) is 0 Å². The largest absolute Gasteiger partial charge is 0.481 e. The molecule has 0 heterocycles. The highest BCUT2D eigenvalue weighted by atomic mass is 16.4.